The van der Waals surface area contributed by atoms with Crippen LogP contribution in [-0.4, -0.2) is 66.9 Å². The lowest BCUT2D eigenvalue weighted by Gasteiger charge is -2.33. The maximum absolute atomic E-state index is 12.4. The van der Waals surface area contributed by atoms with E-state index in [9.17, 15) is 9.59 Å². The van der Waals surface area contributed by atoms with Gasteiger partial charge in [-0.05, 0) is 24.3 Å². The van der Waals surface area contributed by atoms with E-state index < -0.39 is 5.97 Å². The second-order valence-corrected chi connectivity index (χ2v) is 6.46. The number of rotatable bonds is 5. The number of amides is 1. The van der Waals surface area contributed by atoms with Crippen LogP contribution in [0.5, 0.6) is 5.75 Å². The molecular formula is C18H24N2O5. The number of carboxylic acid groups (broad SMARTS) is 1. The minimum absolute atomic E-state index is 0.0517. The van der Waals surface area contributed by atoms with Gasteiger partial charge in [0.25, 0.3) is 0 Å². The molecule has 0 spiro atoms. The van der Waals surface area contributed by atoms with E-state index >= 15 is 0 Å². The van der Waals surface area contributed by atoms with Crippen LogP contribution in [0.1, 0.15) is 29.6 Å². The van der Waals surface area contributed by atoms with Crippen LogP contribution < -0.4 is 10.1 Å². The second kappa shape index (κ2) is 8.31. The Morgan fingerprint density at radius 1 is 1.24 bits per heavy atom. The Labute approximate surface area is 146 Å². The zero-order chi connectivity index (χ0) is 17.6. The van der Waals surface area contributed by atoms with Crippen LogP contribution in [0.25, 0.3) is 0 Å². The Bertz CT molecular complexity index is 590. The number of carbonyl (C=O) groups is 2. The zero-order valence-corrected chi connectivity index (χ0v) is 14.1. The van der Waals surface area contributed by atoms with Crippen LogP contribution in [-0.2, 0) is 9.53 Å². The number of hydrogen-bond acceptors (Lipinski definition) is 5. The first kappa shape index (κ1) is 17.7. The summed E-state index contributed by atoms with van der Waals surface area (Å²) in [6.45, 7) is 3.47. The van der Waals surface area contributed by atoms with Crippen molar-refractivity contribution < 1.29 is 24.2 Å². The number of carbonyl (C=O) groups excluding carboxylic acids is 1. The summed E-state index contributed by atoms with van der Waals surface area (Å²) in [5.41, 5.74) is 0.244. The Kier molecular flexibility index (Phi) is 5.88. The molecule has 1 atom stereocenters. The Balaban J connectivity index is 1.43. The van der Waals surface area contributed by atoms with E-state index in [4.69, 9.17) is 14.6 Å². The molecule has 2 heterocycles. The number of ether oxygens (including phenoxy) is 2. The molecule has 3 rings (SSSR count). The highest BCUT2D eigenvalue weighted by atomic mass is 16.5. The molecule has 0 saturated carbocycles. The number of piperidine rings is 1. The number of likely N-dealkylation sites (tertiary alicyclic amines) is 1. The third-order valence-electron chi connectivity index (χ3n) is 4.62. The van der Waals surface area contributed by atoms with Crippen LogP contribution in [0.4, 0.5) is 0 Å². The first-order valence-electron chi connectivity index (χ1n) is 8.71. The summed E-state index contributed by atoms with van der Waals surface area (Å²) in [5.74, 6) is -0.123. The molecule has 7 heteroatoms. The quantitative estimate of drug-likeness (QED) is 0.829. The number of aromatic carboxylic acids is 1. The van der Waals surface area contributed by atoms with Gasteiger partial charge in [0.15, 0.2) is 0 Å². The Hall–Kier alpha value is -2.12. The smallest absolute Gasteiger partial charge is 0.335 e. The van der Waals surface area contributed by atoms with Gasteiger partial charge in [0.2, 0.25) is 5.91 Å². The SMILES string of the molecule is O=C(O)c1ccc(OC2CCN(C(=O)C[C@H]3COCCN3)CC2)cc1. The Morgan fingerprint density at radius 3 is 2.56 bits per heavy atom. The molecule has 2 N–H and O–H groups in total. The molecule has 136 valence electrons. The molecule has 1 aromatic carbocycles. The van der Waals surface area contributed by atoms with E-state index in [1.807, 2.05) is 4.90 Å². The standard InChI is InChI=1S/C18H24N2O5/c21-17(11-14-12-24-10-7-19-14)20-8-5-16(6-9-20)25-15-3-1-13(2-4-15)18(22)23/h1-4,14,16,19H,5-12H2,(H,22,23)/t14-/m0/s1. The molecule has 7 nitrogen and oxygen atoms in total. The maximum Gasteiger partial charge on any atom is 0.335 e. The van der Waals surface area contributed by atoms with Crippen molar-refractivity contribution in [3.8, 4) is 5.75 Å². The summed E-state index contributed by atoms with van der Waals surface area (Å²) < 4.78 is 11.3. The fourth-order valence-corrected chi connectivity index (χ4v) is 3.18. The van der Waals surface area contributed by atoms with Gasteiger partial charge in [0, 0.05) is 44.9 Å². The molecule has 2 saturated heterocycles. The summed E-state index contributed by atoms with van der Waals surface area (Å²) >= 11 is 0. The van der Waals surface area contributed by atoms with E-state index in [0.29, 0.717) is 38.5 Å². The average Bonchev–Trinajstić information content (AvgIpc) is 2.63. The number of morpholine rings is 1. The van der Waals surface area contributed by atoms with Crippen LogP contribution >= 0.6 is 0 Å². The number of nitrogens with zero attached hydrogens (tertiary/aromatic N) is 1. The molecule has 0 unspecified atom stereocenters. The van der Waals surface area contributed by atoms with Crippen molar-refractivity contribution in [2.45, 2.75) is 31.4 Å². The maximum atomic E-state index is 12.4. The molecule has 25 heavy (non-hydrogen) atoms. The molecule has 0 aromatic heterocycles. The van der Waals surface area contributed by atoms with Crippen molar-refractivity contribution in [1.82, 2.24) is 10.2 Å². The molecule has 0 bridgehead atoms. The molecule has 1 aromatic rings. The monoisotopic (exact) mass is 348 g/mol. The average molecular weight is 348 g/mol. The van der Waals surface area contributed by atoms with Gasteiger partial charge in [-0.15, -0.1) is 0 Å². The van der Waals surface area contributed by atoms with Crippen LogP contribution in [0.15, 0.2) is 24.3 Å². The first-order chi connectivity index (χ1) is 12.1. The van der Waals surface area contributed by atoms with Gasteiger partial charge in [0.1, 0.15) is 11.9 Å². The summed E-state index contributed by atoms with van der Waals surface area (Å²) in [5, 5.41) is 12.2. The molecule has 2 fully saturated rings. The van der Waals surface area contributed by atoms with Gasteiger partial charge < -0.3 is 24.8 Å². The van der Waals surface area contributed by atoms with Gasteiger partial charge in [0.05, 0.1) is 18.8 Å². The summed E-state index contributed by atoms with van der Waals surface area (Å²) in [7, 11) is 0. The van der Waals surface area contributed by atoms with Crippen LogP contribution in [0.3, 0.4) is 0 Å². The van der Waals surface area contributed by atoms with Gasteiger partial charge >= 0.3 is 5.97 Å². The Morgan fingerprint density at radius 2 is 1.96 bits per heavy atom. The van der Waals surface area contributed by atoms with Crippen molar-refractivity contribution >= 4 is 11.9 Å². The van der Waals surface area contributed by atoms with Gasteiger partial charge in [-0.1, -0.05) is 0 Å². The fraction of sp³-hybridized carbons (Fsp3) is 0.556. The largest absolute Gasteiger partial charge is 0.490 e. The van der Waals surface area contributed by atoms with E-state index in [0.717, 1.165) is 19.4 Å². The van der Waals surface area contributed by atoms with Crippen LogP contribution in [0.2, 0.25) is 0 Å². The fourth-order valence-electron chi connectivity index (χ4n) is 3.18. The van der Waals surface area contributed by atoms with Crippen molar-refractivity contribution in [2.24, 2.45) is 0 Å². The summed E-state index contributed by atoms with van der Waals surface area (Å²) in [6.07, 6.45) is 2.08. The highest BCUT2D eigenvalue weighted by Gasteiger charge is 2.26. The number of carboxylic acids is 1. The lowest BCUT2D eigenvalue weighted by Crippen LogP contribution is -2.47. The van der Waals surface area contributed by atoms with E-state index in [1.165, 1.54) is 12.1 Å². The number of nitrogens with one attached hydrogen (secondary N) is 1. The predicted octanol–water partition coefficient (Wildman–Crippen LogP) is 1.13. The summed E-state index contributed by atoms with van der Waals surface area (Å²) in [6, 6.07) is 6.54. The topological polar surface area (TPSA) is 88.1 Å². The summed E-state index contributed by atoms with van der Waals surface area (Å²) in [4.78, 5) is 25.1. The zero-order valence-electron chi connectivity index (χ0n) is 14.1. The van der Waals surface area contributed by atoms with Crippen LogP contribution in [0, 0.1) is 0 Å². The van der Waals surface area contributed by atoms with Crippen molar-refractivity contribution in [1.29, 1.82) is 0 Å². The first-order valence-corrected chi connectivity index (χ1v) is 8.71. The third kappa shape index (κ3) is 4.93. The van der Waals surface area contributed by atoms with E-state index in [-0.39, 0.29) is 23.6 Å². The molecular weight excluding hydrogens is 324 g/mol. The lowest BCUT2D eigenvalue weighted by molar-refractivity contribution is -0.134. The van der Waals surface area contributed by atoms with E-state index in [2.05, 4.69) is 5.32 Å². The van der Waals surface area contributed by atoms with Crippen molar-refractivity contribution in [3.05, 3.63) is 29.8 Å². The minimum atomic E-state index is -0.948. The number of benzene rings is 1. The second-order valence-electron chi connectivity index (χ2n) is 6.46. The van der Waals surface area contributed by atoms with Crippen molar-refractivity contribution in [3.63, 3.8) is 0 Å². The lowest BCUT2D eigenvalue weighted by atomic mass is 10.1. The third-order valence-corrected chi connectivity index (χ3v) is 4.62. The van der Waals surface area contributed by atoms with Crippen molar-refractivity contribution in [2.75, 3.05) is 32.8 Å². The number of hydrogen-bond donors (Lipinski definition) is 2. The molecule has 2 aliphatic rings. The molecule has 1 amide bonds. The highest BCUT2D eigenvalue weighted by Crippen LogP contribution is 2.20. The van der Waals surface area contributed by atoms with Gasteiger partial charge in [-0.25, -0.2) is 4.79 Å². The highest BCUT2D eigenvalue weighted by molar-refractivity contribution is 5.87. The van der Waals surface area contributed by atoms with E-state index in [1.54, 1.807) is 12.1 Å². The van der Waals surface area contributed by atoms with Gasteiger partial charge in [-0.2, -0.15) is 0 Å². The molecule has 0 radical (unpaired) electrons. The molecule has 0 aliphatic carbocycles. The molecule has 2 aliphatic heterocycles. The minimum Gasteiger partial charge on any atom is -0.490 e. The van der Waals surface area contributed by atoms with Gasteiger partial charge in [-0.3, -0.25) is 4.79 Å². The predicted molar refractivity (Wildman–Crippen MR) is 90.9 cm³/mol. The normalized spacial score (nSPS) is 21.8.